The molecule has 0 radical (unpaired) electrons. The van der Waals surface area contributed by atoms with Crippen molar-refractivity contribution in [3.63, 3.8) is 0 Å². The number of imidazole rings is 1. The first-order chi connectivity index (χ1) is 14.5. The molecule has 0 amide bonds. The summed E-state index contributed by atoms with van der Waals surface area (Å²) in [6.45, 7) is 1.95. The van der Waals surface area contributed by atoms with Crippen LogP contribution in [0.4, 0.5) is 10.2 Å². The molecule has 152 valence electrons. The van der Waals surface area contributed by atoms with Crippen molar-refractivity contribution in [2.75, 3.05) is 5.32 Å². The third kappa shape index (κ3) is 3.15. The molecule has 3 aromatic rings. The summed E-state index contributed by atoms with van der Waals surface area (Å²) >= 11 is 7.72. The number of nitrogens with one attached hydrogen (secondary N) is 2. The van der Waals surface area contributed by atoms with E-state index in [2.05, 4.69) is 25.3 Å². The minimum absolute atomic E-state index is 0.269. The van der Waals surface area contributed by atoms with Crippen LogP contribution in [-0.4, -0.2) is 42.2 Å². The molecule has 1 aromatic carbocycles. The number of H-pyrrole nitrogens is 1. The number of nitrogens with zero attached hydrogens (tertiary/aromatic N) is 4. The van der Waals surface area contributed by atoms with Crippen molar-refractivity contribution in [3.05, 3.63) is 75.5 Å². The minimum atomic E-state index is -1.05. The molecule has 2 unspecified atom stereocenters. The van der Waals surface area contributed by atoms with Gasteiger partial charge in [0.25, 0.3) is 0 Å². The summed E-state index contributed by atoms with van der Waals surface area (Å²) in [5.41, 5.74) is 3.19. The fraction of sp³-hybridized carbons (Fsp3) is 0.150. The highest BCUT2D eigenvalue weighted by Gasteiger charge is 2.36. The lowest BCUT2D eigenvalue weighted by Gasteiger charge is -2.35. The summed E-state index contributed by atoms with van der Waals surface area (Å²) in [5.74, 6) is 0.205. The van der Waals surface area contributed by atoms with E-state index in [0.29, 0.717) is 33.3 Å². The quantitative estimate of drug-likeness (QED) is 0.526. The summed E-state index contributed by atoms with van der Waals surface area (Å²) in [4.78, 5) is 17.3. The maximum Gasteiger partial charge on any atom is 0.182 e. The normalized spacial score (nSPS) is 19.6. The molecule has 10 heteroatoms. The highest BCUT2D eigenvalue weighted by Crippen LogP contribution is 2.46. The first kappa shape index (κ1) is 19.1. The van der Waals surface area contributed by atoms with Crippen LogP contribution >= 0.6 is 23.4 Å². The van der Waals surface area contributed by atoms with Gasteiger partial charge in [-0.05, 0) is 36.3 Å². The highest BCUT2D eigenvalue weighted by molar-refractivity contribution is 8.06. The number of anilines is 1. The molecule has 0 fully saturated rings. The van der Waals surface area contributed by atoms with Crippen LogP contribution in [0.5, 0.6) is 0 Å². The number of halogens is 2. The van der Waals surface area contributed by atoms with Crippen molar-refractivity contribution in [2.24, 2.45) is 0 Å². The van der Waals surface area contributed by atoms with Crippen LogP contribution < -0.4 is 5.32 Å². The Hall–Kier alpha value is -2.88. The molecule has 5 rings (SSSR count). The standard InChI is InChI=1S/C20H16ClFN6OS/c1-10(27-19-17-18(24-8-23-17)25-9-26-19)13-6-15-28(14(21)7-30-15)20(29)16(13)11-3-2-4-12(22)5-11/h2-10,20,29H,1H3,(H2,23,24,25,26,27). The number of benzene rings is 1. The number of fused-ring (bicyclic) bond motifs is 2. The van der Waals surface area contributed by atoms with E-state index in [4.69, 9.17) is 11.6 Å². The summed E-state index contributed by atoms with van der Waals surface area (Å²) in [5, 5.41) is 17.5. The van der Waals surface area contributed by atoms with Crippen LogP contribution in [0.2, 0.25) is 0 Å². The van der Waals surface area contributed by atoms with E-state index in [0.717, 1.165) is 10.6 Å². The van der Waals surface area contributed by atoms with Crippen molar-refractivity contribution < 1.29 is 9.50 Å². The molecule has 30 heavy (non-hydrogen) atoms. The van der Waals surface area contributed by atoms with Crippen LogP contribution in [0.15, 0.2) is 64.2 Å². The lowest BCUT2D eigenvalue weighted by Crippen LogP contribution is -2.36. The summed E-state index contributed by atoms with van der Waals surface area (Å²) in [7, 11) is 0. The number of hydrogen-bond donors (Lipinski definition) is 3. The zero-order valence-corrected chi connectivity index (χ0v) is 17.2. The molecule has 2 atom stereocenters. The maximum absolute atomic E-state index is 14.0. The molecule has 0 bridgehead atoms. The SMILES string of the molecule is CC(Nc1ncnc2nc[nH]c12)C1=C(c2cccc(F)c2)C(O)N2C(Cl)=CSC2=C1. The van der Waals surface area contributed by atoms with Crippen molar-refractivity contribution in [3.8, 4) is 0 Å². The Labute approximate surface area is 180 Å². The third-order valence-electron chi connectivity index (χ3n) is 5.02. The van der Waals surface area contributed by atoms with Gasteiger partial charge in [0.05, 0.1) is 17.4 Å². The predicted octanol–water partition coefficient (Wildman–Crippen LogP) is 4.01. The lowest BCUT2D eigenvalue weighted by atomic mass is 9.91. The van der Waals surface area contributed by atoms with Gasteiger partial charge in [0, 0.05) is 11.0 Å². The van der Waals surface area contributed by atoms with Crippen molar-refractivity contribution in [1.29, 1.82) is 0 Å². The largest absolute Gasteiger partial charge is 0.369 e. The van der Waals surface area contributed by atoms with Gasteiger partial charge in [0.2, 0.25) is 0 Å². The molecule has 7 nitrogen and oxygen atoms in total. The molecule has 0 saturated carbocycles. The van der Waals surface area contributed by atoms with Gasteiger partial charge < -0.3 is 15.4 Å². The second kappa shape index (κ2) is 7.42. The summed E-state index contributed by atoms with van der Waals surface area (Å²) in [6, 6.07) is 5.90. The highest BCUT2D eigenvalue weighted by atomic mass is 35.5. The molecular weight excluding hydrogens is 427 g/mol. The number of rotatable bonds is 4. The van der Waals surface area contributed by atoms with Crippen LogP contribution in [-0.2, 0) is 0 Å². The molecule has 2 aliphatic heterocycles. The second-order valence-electron chi connectivity index (χ2n) is 6.85. The number of aromatic amines is 1. The molecule has 0 saturated heterocycles. The Morgan fingerprint density at radius 1 is 1.33 bits per heavy atom. The van der Waals surface area contributed by atoms with E-state index >= 15 is 0 Å². The third-order valence-corrected chi connectivity index (χ3v) is 6.33. The maximum atomic E-state index is 14.0. The molecular formula is C20H16ClFN6OS. The molecule has 4 heterocycles. The molecule has 2 aromatic heterocycles. The average Bonchev–Trinajstić information content (AvgIpc) is 3.35. The van der Waals surface area contributed by atoms with E-state index in [1.807, 2.05) is 13.0 Å². The smallest absolute Gasteiger partial charge is 0.182 e. The Morgan fingerprint density at radius 3 is 3.03 bits per heavy atom. The molecule has 2 aliphatic rings. The van der Waals surface area contributed by atoms with Gasteiger partial charge in [-0.1, -0.05) is 35.5 Å². The van der Waals surface area contributed by atoms with E-state index in [1.165, 1.54) is 30.2 Å². The fourth-order valence-corrected chi connectivity index (χ4v) is 4.85. The van der Waals surface area contributed by atoms with Gasteiger partial charge in [-0.3, -0.25) is 4.90 Å². The van der Waals surface area contributed by atoms with Crippen molar-refractivity contribution >= 4 is 45.9 Å². The average molecular weight is 443 g/mol. The van der Waals surface area contributed by atoms with E-state index in [-0.39, 0.29) is 11.9 Å². The number of aromatic nitrogens is 4. The Bertz CT molecular complexity index is 1240. The van der Waals surface area contributed by atoms with Crippen molar-refractivity contribution in [1.82, 2.24) is 24.8 Å². The fourth-order valence-electron chi connectivity index (χ4n) is 3.65. The monoisotopic (exact) mass is 442 g/mol. The Kier molecular flexibility index (Phi) is 4.73. The van der Waals surface area contributed by atoms with Crippen LogP contribution in [0.1, 0.15) is 12.5 Å². The number of hydrogen-bond acceptors (Lipinski definition) is 7. The lowest BCUT2D eigenvalue weighted by molar-refractivity contribution is 0.115. The zero-order valence-electron chi connectivity index (χ0n) is 15.7. The topological polar surface area (TPSA) is 90.0 Å². The van der Waals surface area contributed by atoms with Crippen LogP contribution in [0.25, 0.3) is 16.7 Å². The van der Waals surface area contributed by atoms with E-state index < -0.39 is 6.23 Å². The van der Waals surface area contributed by atoms with Gasteiger partial charge in [0.15, 0.2) is 17.7 Å². The van der Waals surface area contributed by atoms with E-state index in [9.17, 15) is 9.50 Å². The predicted molar refractivity (Wildman–Crippen MR) is 116 cm³/mol. The first-order valence-corrected chi connectivity index (χ1v) is 10.4. The van der Waals surface area contributed by atoms with Crippen LogP contribution in [0, 0.1) is 5.82 Å². The number of thioether (sulfide) groups is 1. The minimum Gasteiger partial charge on any atom is -0.369 e. The number of aliphatic hydroxyl groups is 1. The zero-order chi connectivity index (χ0) is 20.8. The molecule has 0 aliphatic carbocycles. The van der Waals surface area contributed by atoms with E-state index in [1.54, 1.807) is 28.8 Å². The molecule has 0 spiro atoms. The summed E-state index contributed by atoms with van der Waals surface area (Å²) in [6.07, 6.45) is 3.89. The Balaban J connectivity index is 1.61. The van der Waals surface area contributed by atoms with Crippen LogP contribution in [0.3, 0.4) is 0 Å². The second-order valence-corrected chi connectivity index (χ2v) is 8.13. The van der Waals surface area contributed by atoms with Gasteiger partial charge in [0.1, 0.15) is 22.8 Å². The first-order valence-electron chi connectivity index (χ1n) is 9.15. The van der Waals surface area contributed by atoms with Gasteiger partial charge in [-0.2, -0.15) is 0 Å². The van der Waals surface area contributed by atoms with Gasteiger partial charge >= 0.3 is 0 Å². The number of aliphatic hydroxyl groups excluding tert-OH is 1. The molecule has 3 N–H and O–H groups in total. The van der Waals surface area contributed by atoms with Gasteiger partial charge in [-0.15, -0.1) is 0 Å². The Morgan fingerprint density at radius 2 is 2.20 bits per heavy atom. The van der Waals surface area contributed by atoms with Crippen molar-refractivity contribution in [2.45, 2.75) is 19.2 Å². The summed E-state index contributed by atoms with van der Waals surface area (Å²) < 4.78 is 14.0. The van der Waals surface area contributed by atoms with Gasteiger partial charge in [-0.25, -0.2) is 19.3 Å².